The van der Waals surface area contributed by atoms with Crippen molar-refractivity contribution in [2.75, 3.05) is 20.4 Å². The van der Waals surface area contributed by atoms with Gasteiger partial charge in [-0.05, 0) is 13.8 Å². The number of hydrogen-bond acceptors (Lipinski definition) is 3. The van der Waals surface area contributed by atoms with Crippen molar-refractivity contribution >= 4 is 5.91 Å². The number of carbonyl (C=O) groups excluding carboxylic acids is 1. The molecule has 0 aromatic heterocycles. The monoisotopic (exact) mass is 241 g/mol. The average Bonchev–Trinajstić information content (AvgIpc) is 2.68. The number of carbonyl (C=O) groups is 1. The van der Waals surface area contributed by atoms with Gasteiger partial charge in [-0.1, -0.05) is 5.56 Å². The molecule has 2 rings (SSSR count). The molecule has 0 aliphatic carbocycles. The normalized spacial score (nSPS) is 17.2. The summed E-state index contributed by atoms with van der Waals surface area (Å²) in [6, 6.07) is 8.07. The summed E-state index contributed by atoms with van der Waals surface area (Å²) in [6.45, 7) is 4.88. The average molecular weight is 241 g/mol. The van der Waals surface area contributed by atoms with E-state index in [0.717, 1.165) is 0 Å². The van der Waals surface area contributed by atoms with Crippen LogP contribution >= 0.6 is 0 Å². The van der Waals surface area contributed by atoms with Gasteiger partial charge < -0.3 is 19.2 Å². The molecule has 1 saturated heterocycles. The van der Waals surface area contributed by atoms with Crippen LogP contribution in [0.15, 0.2) is 18.2 Å². The molecule has 1 fully saturated rings. The molecule has 1 aliphatic heterocycles. The van der Waals surface area contributed by atoms with Gasteiger partial charge in [0, 0.05) is 5.75 Å². The van der Waals surface area contributed by atoms with Gasteiger partial charge in [-0.2, -0.15) is 0 Å². The molecule has 0 bridgehead atoms. The summed E-state index contributed by atoms with van der Waals surface area (Å²) in [6.07, 6.45) is 0. The standard InChI is InChI=1S/C13H16NO3.Li/c1-13(2)8-17-9-14(13)12(15)10-4-6-11(16-3)7-5-10;/h4,6-7H,8-9H2,1-3H3;/q-1;+1. The van der Waals surface area contributed by atoms with Crippen LogP contribution in [0, 0.1) is 6.07 Å². The van der Waals surface area contributed by atoms with Crippen LogP contribution in [-0.2, 0) is 4.74 Å². The first-order valence-corrected chi connectivity index (χ1v) is 5.50. The van der Waals surface area contributed by atoms with E-state index in [0.29, 0.717) is 24.7 Å². The summed E-state index contributed by atoms with van der Waals surface area (Å²) in [7, 11) is 1.59. The number of rotatable bonds is 2. The van der Waals surface area contributed by atoms with Crippen molar-refractivity contribution in [3.8, 4) is 5.75 Å². The van der Waals surface area contributed by atoms with Gasteiger partial charge in [0.1, 0.15) is 6.73 Å². The van der Waals surface area contributed by atoms with Crippen molar-refractivity contribution in [3.63, 3.8) is 0 Å². The molecule has 0 radical (unpaired) electrons. The fourth-order valence-corrected chi connectivity index (χ4v) is 1.79. The van der Waals surface area contributed by atoms with E-state index >= 15 is 0 Å². The number of nitrogens with zero attached hydrogens (tertiary/aromatic N) is 1. The van der Waals surface area contributed by atoms with Crippen LogP contribution < -0.4 is 23.6 Å². The predicted molar refractivity (Wildman–Crippen MR) is 62.9 cm³/mol. The summed E-state index contributed by atoms with van der Waals surface area (Å²) in [5.41, 5.74) is 0.273. The van der Waals surface area contributed by atoms with Crippen molar-refractivity contribution in [1.29, 1.82) is 0 Å². The van der Waals surface area contributed by atoms with Gasteiger partial charge in [0.15, 0.2) is 5.91 Å². The van der Waals surface area contributed by atoms with Crippen LogP contribution in [-0.4, -0.2) is 36.8 Å². The van der Waals surface area contributed by atoms with Crippen LogP contribution in [0.5, 0.6) is 5.75 Å². The molecule has 4 nitrogen and oxygen atoms in total. The Morgan fingerprint density at radius 1 is 1.50 bits per heavy atom. The van der Waals surface area contributed by atoms with Crippen molar-refractivity contribution < 1.29 is 33.1 Å². The van der Waals surface area contributed by atoms with Crippen molar-refractivity contribution in [3.05, 3.63) is 29.8 Å². The number of methoxy groups -OCH3 is 1. The molecule has 1 amide bonds. The van der Waals surface area contributed by atoms with Crippen molar-refractivity contribution in [2.45, 2.75) is 19.4 Å². The Hall–Kier alpha value is -0.953. The molecule has 0 N–H and O–H groups in total. The molecule has 18 heavy (non-hydrogen) atoms. The van der Waals surface area contributed by atoms with E-state index in [9.17, 15) is 4.79 Å². The van der Waals surface area contributed by atoms with Crippen LogP contribution in [0.2, 0.25) is 0 Å². The third-order valence-electron chi connectivity index (χ3n) is 2.90. The second kappa shape index (κ2) is 5.79. The molecule has 0 atom stereocenters. The van der Waals surface area contributed by atoms with Crippen LogP contribution in [0.25, 0.3) is 0 Å². The third kappa shape index (κ3) is 2.89. The smallest absolute Gasteiger partial charge is 0.540 e. The minimum absolute atomic E-state index is 0. The van der Waals surface area contributed by atoms with Gasteiger partial charge in [0.2, 0.25) is 0 Å². The molecule has 0 saturated carbocycles. The van der Waals surface area contributed by atoms with Crippen molar-refractivity contribution in [1.82, 2.24) is 4.90 Å². The van der Waals surface area contributed by atoms with Gasteiger partial charge in [-0.25, -0.2) is 0 Å². The predicted octanol–water partition coefficient (Wildman–Crippen LogP) is -1.29. The summed E-state index contributed by atoms with van der Waals surface area (Å²) in [5.74, 6) is 0.633. The van der Waals surface area contributed by atoms with Crippen LogP contribution in [0.1, 0.15) is 24.2 Å². The van der Waals surface area contributed by atoms with E-state index in [1.165, 1.54) is 0 Å². The molecule has 5 heteroatoms. The quantitative estimate of drug-likeness (QED) is 0.477. The Morgan fingerprint density at radius 2 is 2.22 bits per heavy atom. The first kappa shape index (κ1) is 15.1. The van der Waals surface area contributed by atoms with E-state index < -0.39 is 0 Å². The zero-order valence-corrected chi connectivity index (χ0v) is 11.3. The second-order valence-corrected chi connectivity index (χ2v) is 4.67. The van der Waals surface area contributed by atoms with Crippen molar-refractivity contribution in [2.24, 2.45) is 0 Å². The topological polar surface area (TPSA) is 38.8 Å². The molecule has 0 unspecified atom stereocenters. The fourth-order valence-electron chi connectivity index (χ4n) is 1.79. The zero-order chi connectivity index (χ0) is 12.5. The molecule has 1 aromatic carbocycles. The van der Waals surface area contributed by atoms with Gasteiger partial charge in [0.25, 0.3) is 0 Å². The molecule has 92 valence electrons. The van der Waals surface area contributed by atoms with E-state index in [1.807, 2.05) is 13.8 Å². The van der Waals surface area contributed by atoms with E-state index in [4.69, 9.17) is 9.47 Å². The van der Waals surface area contributed by atoms with Gasteiger partial charge >= 0.3 is 18.9 Å². The first-order valence-electron chi connectivity index (χ1n) is 5.50. The molecule has 1 aliphatic rings. The van der Waals surface area contributed by atoms with E-state index in [1.54, 1.807) is 30.2 Å². The minimum Gasteiger partial charge on any atom is -0.540 e. The maximum absolute atomic E-state index is 12.2. The third-order valence-corrected chi connectivity index (χ3v) is 2.90. The van der Waals surface area contributed by atoms with Gasteiger partial charge in [-0.15, -0.1) is 24.3 Å². The number of amides is 1. The summed E-state index contributed by atoms with van der Waals surface area (Å²) < 4.78 is 10.4. The van der Waals surface area contributed by atoms with Crippen LogP contribution in [0.3, 0.4) is 0 Å². The van der Waals surface area contributed by atoms with E-state index in [-0.39, 0.29) is 30.3 Å². The Morgan fingerprint density at radius 3 is 2.67 bits per heavy atom. The Balaban J connectivity index is 0.00000162. The summed E-state index contributed by atoms with van der Waals surface area (Å²) >= 11 is 0. The molecule has 1 heterocycles. The molecular weight excluding hydrogens is 225 g/mol. The maximum atomic E-state index is 12.2. The Kier molecular flexibility index (Phi) is 4.86. The second-order valence-electron chi connectivity index (χ2n) is 4.67. The number of benzene rings is 1. The zero-order valence-electron chi connectivity index (χ0n) is 11.3. The molecular formula is C13H16LiNO3. The van der Waals surface area contributed by atoms with Gasteiger partial charge in [0.05, 0.1) is 19.3 Å². The minimum atomic E-state index is -0.259. The maximum Gasteiger partial charge on any atom is 1.00 e. The number of ether oxygens (including phenoxy) is 2. The largest absolute Gasteiger partial charge is 1.00 e. The SMILES string of the molecule is COc1c[c-]c(C(=O)N2COCC2(C)C)cc1.[Li+]. The van der Waals surface area contributed by atoms with Crippen LogP contribution in [0.4, 0.5) is 0 Å². The Labute approximate surface area is 119 Å². The van der Waals surface area contributed by atoms with E-state index in [2.05, 4.69) is 6.07 Å². The van der Waals surface area contributed by atoms with Gasteiger partial charge in [-0.3, -0.25) is 0 Å². The summed E-state index contributed by atoms with van der Waals surface area (Å²) in [4.78, 5) is 13.9. The fraction of sp³-hybridized carbons (Fsp3) is 0.462. The Bertz CT molecular complexity index is 417. The summed E-state index contributed by atoms with van der Waals surface area (Å²) in [5, 5.41) is 0. The number of hydrogen-bond donors (Lipinski definition) is 0. The first-order chi connectivity index (χ1) is 8.04. The molecule has 0 spiro atoms. The molecule has 1 aromatic rings.